The van der Waals surface area contributed by atoms with Crippen LogP contribution in [0.1, 0.15) is 23.2 Å². The summed E-state index contributed by atoms with van der Waals surface area (Å²) in [4.78, 5) is 30.3. The van der Waals surface area contributed by atoms with E-state index in [1.54, 1.807) is 18.0 Å². The topological polar surface area (TPSA) is 73.7 Å². The van der Waals surface area contributed by atoms with Gasteiger partial charge in [-0.2, -0.15) is 0 Å². The van der Waals surface area contributed by atoms with E-state index in [2.05, 4.69) is 4.98 Å². The van der Waals surface area contributed by atoms with Crippen LogP contribution in [0.4, 0.5) is 5.82 Å². The second-order valence-electron chi connectivity index (χ2n) is 4.65. The minimum absolute atomic E-state index is 0.0871. The third-order valence-electron chi connectivity index (χ3n) is 3.22. The highest BCUT2D eigenvalue weighted by Gasteiger charge is 2.19. The Kier molecular flexibility index (Phi) is 3.99. The first kappa shape index (κ1) is 13.3. The number of amides is 1. The first-order valence-corrected chi connectivity index (χ1v) is 6.26. The standard InChI is InChI=1S/C13H17N3O3/c1-15(9-12(17)16-6-2-3-7-16)11-5-4-10(8-14-11)13(18)19/h4-5,8H,2-3,6-7,9H2,1H3,(H,18,19). The van der Waals surface area contributed by atoms with Crippen molar-refractivity contribution in [2.24, 2.45) is 0 Å². The zero-order valence-electron chi connectivity index (χ0n) is 10.9. The minimum atomic E-state index is -1.00. The average Bonchev–Trinajstić information content (AvgIpc) is 2.92. The van der Waals surface area contributed by atoms with E-state index >= 15 is 0 Å². The first-order chi connectivity index (χ1) is 9.08. The van der Waals surface area contributed by atoms with Gasteiger partial charge >= 0.3 is 5.97 Å². The number of anilines is 1. The van der Waals surface area contributed by atoms with Gasteiger partial charge in [-0.25, -0.2) is 9.78 Å². The second-order valence-corrected chi connectivity index (χ2v) is 4.65. The highest BCUT2D eigenvalue weighted by molar-refractivity contribution is 5.87. The molecule has 19 heavy (non-hydrogen) atoms. The fourth-order valence-corrected chi connectivity index (χ4v) is 2.09. The minimum Gasteiger partial charge on any atom is -0.478 e. The lowest BCUT2D eigenvalue weighted by molar-refractivity contribution is -0.128. The van der Waals surface area contributed by atoms with Crippen molar-refractivity contribution in [2.45, 2.75) is 12.8 Å². The predicted octanol–water partition coefficient (Wildman–Crippen LogP) is 0.838. The first-order valence-electron chi connectivity index (χ1n) is 6.26. The molecule has 1 N–H and O–H groups in total. The van der Waals surface area contributed by atoms with E-state index in [1.165, 1.54) is 12.3 Å². The highest BCUT2D eigenvalue weighted by Crippen LogP contribution is 2.12. The Morgan fingerprint density at radius 1 is 1.37 bits per heavy atom. The van der Waals surface area contributed by atoms with E-state index in [-0.39, 0.29) is 18.0 Å². The summed E-state index contributed by atoms with van der Waals surface area (Å²) >= 11 is 0. The molecule has 0 saturated carbocycles. The number of aromatic nitrogens is 1. The predicted molar refractivity (Wildman–Crippen MR) is 70.3 cm³/mol. The molecular formula is C13H17N3O3. The largest absolute Gasteiger partial charge is 0.478 e. The Morgan fingerprint density at radius 2 is 2.05 bits per heavy atom. The van der Waals surface area contributed by atoms with Gasteiger partial charge in [0.25, 0.3) is 0 Å². The van der Waals surface area contributed by atoms with E-state index < -0.39 is 5.97 Å². The Hall–Kier alpha value is -2.11. The fourth-order valence-electron chi connectivity index (χ4n) is 2.09. The van der Waals surface area contributed by atoms with E-state index in [4.69, 9.17) is 5.11 Å². The Balaban J connectivity index is 1.97. The van der Waals surface area contributed by atoms with Gasteiger partial charge < -0.3 is 14.9 Å². The molecule has 2 rings (SSSR count). The molecule has 6 heteroatoms. The highest BCUT2D eigenvalue weighted by atomic mass is 16.4. The fraction of sp³-hybridized carbons (Fsp3) is 0.462. The molecule has 0 aliphatic carbocycles. The number of likely N-dealkylation sites (N-methyl/N-ethyl adjacent to an activating group) is 1. The van der Waals surface area contributed by atoms with Gasteiger partial charge in [-0.1, -0.05) is 0 Å². The van der Waals surface area contributed by atoms with Gasteiger partial charge in [0, 0.05) is 26.3 Å². The van der Waals surface area contributed by atoms with Crippen LogP contribution in [0.15, 0.2) is 18.3 Å². The van der Waals surface area contributed by atoms with Gasteiger partial charge in [0.1, 0.15) is 5.82 Å². The van der Waals surface area contributed by atoms with Gasteiger partial charge in [0.05, 0.1) is 12.1 Å². The molecule has 1 aromatic rings. The number of carboxylic acids is 1. The number of hydrogen-bond donors (Lipinski definition) is 1. The number of aromatic carboxylic acids is 1. The quantitative estimate of drug-likeness (QED) is 0.871. The zero-order valence-corrected chi connectivity index (χ0v) is 10.9. The normalized spacial score (nSPS) is 14.5. The number of carbonyl (C=O) groups excluding carboxylic acids is 1. The molecule has 1 fully saturated rings. The summed E-state index contributed by atoms with van der Waals surface area (Å²) in [5, 5.41) is 8.79. The van der Waals surface area contributed by atoms with Gasteiger partial charge in [0.15, 0.2) is 0 Å². The number of nitrogens with zero attached hydrogens (tertiary/aromatic N) is 3. The molecule has 0 spiro atoms. The van der Waals surface area contributed by atoms with Crippen molar-refractivity contribution in [1.29, 1.82) is 0 Å². The SMILES string of the molecule is CN(CC(=O)N1CCCC1)c1ccc(C(=O)O)cn1. The summed E-state index contributed by atoms with van der Waals surface area (Å²) in [6.45, 7) is 1.93. The van der Waals surface area contributed by atoms with Crippen LogP contribution < -0.4 is 4.90 Å². The Bertz CT molecular complexity index is 467. The molecule has 0 unspecified atom stereocenters. The molecule has 0 atom stereocenters. The summed E-state index contributed by atoms with van der Waals surface area (Å²) in [6, 6.07) is 3.10. The second kappa shape index (κ2) is 5.69. The summed E-state index contributed by atoms with van der Waals surface area (Å²) in [6.07, 6.45) is 3.44. The number of pyridine rings is 1. The summed E-state index contributed by atoms with van der Waals surface area (Å²) in [7, 11) is 1.77. The van der Waals surface area contributed by atoms with E-state index in [1.807, 2.05) is 4.90 Å². The molecular weight excluding hydrogens is 246 g/mol. The molecule has 1 aliphatic rings. The van der Waals surface area contributed by atoms with Crippen molar-refractivity contribution in [3.8, 4) is 0 Å². The van der Waals surface area contributed by atoms with Crippen LogP contribution in [0, 0.1) is 0 Å². The maximum absolute atomic E-state index is 12.0. The average molecular weight is 263 g/mol. The van der Waals surface area contributed by atoms with Gasteiger partial charge in [-0.05, 0) is 25.0 Å². The van der Waals surface area contributed by atoms with E-state index in [9.17, 15) is 9.59 Å². The van der Waals surface area contributed by atoms with Gasteiger partial charge in [0.2, 0.25) is 5.91 Å². The Morgan fingerprint density at radius 3 is 2.58 bits per heavy atom. The molecule has 2 heterocycles. The van der Waals surface area contributed by atoms with Crippen LogP contribution in [-0.4, -0.2) is 53.5 Å². The zero-order chi connectivity index (χ0) is 13.8. The molecule has 102 valence electrons. The van der Waals surface area contributed by atoms with Crippen molar-refractivity contribution in [3.63, 3.8) is 0 Å². The van der Waals surface area contributed by atoms with Crippen LogP contribution in [-0.2, 0) is 4.79 Å². The third-order valence-corrected chi connectivity index (χ3v) is 3.22. The number of likely N-dealkylation sites (tertiary alicyclic amines) is 1. The lowest BCUT2D eigenvalue weighted by atomic mass is 10.3. The van der Waals surface area contributed by atoms with E-state index in [0.29, 0.717) is 5.82 Å². The monoisotopic (exact) mass is 263 g/mol. The molecule has 6 nitrogen and oxygen atoms in total. The van der Waals surface area contributed by atoms with Crippen LogP contribution in [0.5, 0.6) is 0 Å². The third kappa shape index (κ3) is 3.21. The number of carbonyl (C=O) groups is 2. The number of rotatable bonds is 4. The van der Waals surface area contributed by atoms with Crippen LogP contribution >= 0.6 is 0 Å². The summed E-state index contributed by atoms with van der Waals surface area (Å²) in [5.74, 6) is -0.323. The molecule has 1 saturated heterocycles. The van der Waals surface area contributed by atoms with E-state index in [0.717, 1.165) is 25.9 Å². The van der Waals surface area contributed by atoms with Crippen molar-refractivity contribution in [1.82, 2.24) is 9.88 Å². The molecule has 0 aromatic carbocycles. The maximum Gasteiger partial charge on any atom is 0.337 e. The Labute approximate surface area is 111 Å². The molecule has 1 aromatic heterocycles. The lowest BCUT2D eigenvalue weighted by Crippen LogP contribution is -2.37. The van der Waals surface area contributed by atoms with Gasteiger partial charge in [-0.15, -0.1) is 0 Å². The lowest BCUT2D eigenvalue weighted by Gasteiger charge is -2.22. The van der Waals surface area contributed by atoms with Crippen molar-refractivity contribution >= 4 is 17.7 Å². The van der Waals surface area contributed by atoms with Crippen molar-refractivity contribution in [3.05, 3.63) is 23.9 Å². The molecule has 0 bridgehead atoms. The molecule has 1 amide bonds. The van der Waals surface area contributed by atoms with Crippen LogP contribution in [0.3, 0.4) is 0 Å². The maximum atomic E-state index is 12.0. The smallest absolute Gasteiger partial charge is 0.337 e. The number of carboxylic acid groups (broad SMARTS) is 1. The van der Waals surface area contributed by atoms with Crippen LogP contribution in [0.2, 0.25) is 0 Å². The molecule has 1 aliphatic heterocycles. The van der Waals surface area contributed by atoms with Gasteiger partial charge in [-0.3, -0.25) is 4.79 Å². The van der Waals surface area contributed by atoms with Crippen LogP contribution in [0.25, 0.3) is 0 Å². The number of hydrogen-bond acceptors (Lipinski definition) is 4. The molecule has 0 radical (unpaired) electrons. The summed E-state index contributed by atoms with van der Waals surface area (Å²) in [5.41, 5.74) is 0.142. The van der Waals surface area contributed by atoms with Crippen molar-refractivity contribution < 1.29 is 14.7 Å². The van der Waals surface area contributed by atoms with Crippen molar-refractivity contribution in [2.75, 3.05) is 31.6 Å². The summed E-state index contributed by atoms with van der Waals surface area (Å²) < 4.78 is 0.